The molecule has 2 aromatic rings. The van der Waals surface area contributed by atoms with Crippen molar-refractivity contribution in [1.29, 1.82) is 0 Å². The van der Waals surface area contributed by atoms with Crippen molar-refractivity contribution in [2.75, 3.05) is 40.5 Å². The van der Waals surface area contributed by atoms with Crippen molar-refractivity contribution in [3.8, 4) is 11.5 Å². The second-order valence-electron chi connectivity index (χ2n) is 8.81. The monoisotopic (exact) mass is 479 g/mol. The fourth-order valence-corrected chi connectivity index (χ4v) is 4.63. The first kappa shape index (κ1) is 24.7. The molecule has 0 unspecified atom stereocenters. The summed E-state index contributed by atoms with van der Waals surface area (Å²) in [4.78, 5) is 27.6. The third kappa shape index (κ3) is 5.82. The van der Waals surface area contributed by atoms with Crippen LogP contribution in [0.25, 0.3) is 0 Å². The van der Waals surface area contributed by atoms with E-state index in [9.17, 15) is 9.59 Å². The van der Waals surface area contributed by atoms with Crippen molar-refractivity contribution in [1.82, 2.24) is 9.91 Å². The molecule has 0 bridgehead atoms. The Morgan fingerprint density at radius 2 is 1.54 bits per heavy atom. The lowest BCUT2D eigenvalue weighted by atomic mass is 9.97. The number of carbonyl (C=O) groups is 2. The fraction of sp³-hybridized carbons (Fsp3) is 0.444. The van der Waals surface area contributed by atoms with Crippen molar-refractivity contribution < 1.29 is 23.8 Å². The lowest BCUT2D eigenvalue weighted by Crippen LogP contribution is -2.43. The van der Waals surface area contributed by atoms with Crippen molar-refractivity contribution in [3.05, 3.63) is 59.7 Å². The minimum atomic E-state index is -0.192. The highest BCUT2D eigenvalue weighted by Crippen LogP contribution is 2.34. The van der Waals surface area contributed by atoms with Gasteiger partial charge in [0.1, 0.15) is 11.5 Å². The summed E-state index contributed by atoms with van der Waals surface area (Å²) in [6.07, 6.45) is 2.03. The molecule has 0 radical (unpaired) electrons. The van der Waals surface area contributed by atoms with Gasteiger partial charge >= 0.3 is 5.97 Å². The van der Waals surface area contributed by atoms with Crippen LogP contribution in [-0.2, 0) is 14.3 Å². The van der Waals surface area contributed by atoms with Gasteiger partial charge in [-0.3, -0.25) is 14.5 Å². The summed E-state index contributed by atoms with van der Waals surface area (Å²) < 4.78 is 15.7. The molecule has 4 rings (SSSR count). The molecular weight excluding hydrogens is 446 g/mol. The summed E-state index contributed by atoms with van der Waals surface area (Å²) in [6.45, 7) is 3.85. The Bertz CT molecular complexity index is 1040. The first-order valence-corrected chi connectivity index (χ1v) is 12.1. The van der Waals surface area contributed by atoms with Crippen LogP contribution in [0.4, 0.5) is 0 Å². The topological polar surface area (TPSA) is 80.7 Å². The lowest BCUT2D eigenvalue weighted by Gasteiger charge is -2.32. The maximum atomic E-state index is 13.5. The number of methoxy groups -OCH3 is 2. The normalized spacial score (nSPS) is 18.8. The van der Waals surface area contributed by atoms with Crippen LogP contribution < -0.4 is 9.47 Å². The number of benzene rings is 2. The van der Waals surface area contributed by atoms with E-state index in [1.54, 1.807) is 19.2 Å². The van der Waals surface area contributed by atoms with Gasteiger partial charge in [0.15, 0.2) is 0 Å². The van der Waals surface area contributed by atoms with Gasteiger partial charge in [0.25, 0.3) is 5.91 Å². The van der Waals surface area contributed by atoms with Crippen LogP contribution in [0.1, 0.15) is 43.4 Å². The molecule has 2 aliphatic rings. The molecule has 186 valence electrons. The van der Waals surface area contributed by atoms with E-state index in [1.807, 2.05) is 55.5 Å². The van der Waals surface area contributed by atoms with Crippen molar-refractivity contribution in [3.63, 3.8) is 0 Å². The number of hydrazone groups is 1. The molecule has 1 fully saturated rings. The molecule has 35 heavy (non-hydrogen) atoms. The number of amides is 1. The van der Waals surface area contributed by atoms with E-state index in [2.05, 4.69) is 4.90 Å². The fourth-order valence-electron chi connectivity index (χ4n) is 4.63. The standard InChI is InChI=1S/C27H33N3O5/c1-4-35-27(32)21-13-15-29(16-14-21)18-26(31)30-25(20-7-11-23(34-3)12-8-20)17-24(28-30)19-5-9-22(33-2)10-6-19/h5-12,21,25H,4,13-18H2,1-3H3/t25-/m1/s1. The zero-order chi connectivity index (χ0) is 24.8. The summed E-state index contributed by atoms with van der Waals surface area (Å²) in [5, 5.41) is 6.40. The Morgan fingerprint density at radius 3 is 2.11 bits per heavy atom. The van der Waals surface area contributed by atoms with E-state index < -0.39 is 0 Å². The molecule has 1 atom stereocenters. The molecule has 1 amide bonds. The van der Waals surface area contributed by atoms with Crippen molar-refractivity contribution in [2.24, 2.45) is 11.0 Å². The van der Waals surface area contributed by atoms with Gasteiger partial charge in [-0.2, -0.15) is 5.10 Å². The number of hydrogen-bond acceptors (Lipinski definition) is 7. The Labute approximate surface area is 206 Å². The van der Waals surface area contributed by atoms with E-state index in [0.29, 0.717) is 39.0 Å². The van der Waals surface area contributed by atoms with Crippen LogP contribution in [0, 0.1) is 5.92 Å². The van der Waals surface area contributed by atoms with E-state index in [1.165, 1.54) is 0 Å². The minimum absolute atomic E-state index is 0.0519. The first-order valence-electron chi connectivity index (χ1n) is 12.1. The SMILES string of the molecule is CCOC(=O)C1CCN(CC(=O)N2N=C(c3ccc(OC)cc3)C[C@@H]2c2ccc(OC)cc2)CC1. The van der Waals surface area contributed by atoms with Crippen LogP contribution in [0.15, 0.2) is 53.6 Å². The van der Waals surface area contributed by atoms with Crippen LogP contribution >= 0.6 is 0 Å². The quantitative estimate of drug-likeness (QED) is 0.538. The number of hydrogen-bond donors (Lipinski definition) is 0. The van der Waals surface area contributed by atoms with Gasteiger partial charge < -0.3 is 14.2 Å². The zero-order valence-electron chi connectivity index (χ0n) is 20.6. The van der Waals surface area contributed by atoms with Crippen molar-refractivity contribution in [2.45, 2.75) is 32.2 Å². The average Bonchev–Trinajstić information content (AvgIpc) is 3.35. The van der Waals surface area contributed by atoms with E-state index >= 15 is 0 Å². The van der Waals surface area contributed by atoms with Gasteiger partial charge in [0.2, 0.25) is 0 Å². The summed E-state index contributed by atoms with van der Waals surface area (Å²) >= 11 is 0. The maximum absolute atomic E-state index is 13.5. The summed E-state index contributed by atoms with van der Waals surface area (Å²) in [5.74, 6) is 1.28. The van der Waals surface area contributed by atoms with Gasteiger partial charge in [-0.25, -0.2) is 5.01 Å². The average molecular weight is 480 g/mol. The highest BCUT2D eigenvalue weighted by Gasteiger charge is 2.35. The molecule has 0 N–H and O–H groups in total. The molecule has 2 aromatic carbocycles. The molecule has 1 saturated heterocycles. The molecule has 0 spiro atoms. The van der Waals surface area contributed by atoms with Gasteiger partial charge in [-0.15, -0.1) is 0 Å². The highest BCUT2D eigenvalue weighted by atomic mass is 16.5. The number of rotatable bonds is 8. The first-order chi connectivity index (χ1) is 17.0. The highest BCUT2D eigenvalue weighted by molar-refractivity contribution is 6.03. The molecule has 0 aliphatic carbocycles. The predicted molar refractivity (Wildman–Crippen MR) is 133 cm³/mol. The molecule has 2 heterocycles. The van der Waals surface area contributed by atoms with Crippen LogP contribution in [0.5, 0.6) is 11.5 Å². The number of carbonyl (C=O) groups excluding carboxylic acids is 2. The Hall–Kier alpha value is -3.39. The molecular formula is C27H33N3O5. The summed E-state index contributed by atoms with van der Waals surface area (Å²) in [6, 6.07) is 15.3. The largest absolute Gasteiger partial charge is 0.497 e. The minimum Gasteiger partial charge on any atom is -0.497 e. The molecule has 2 aliphatic heterocycles. The second-order valence-corrected chi connectivity index (χ2v) is 8.81. The number of piperidine rings is 1. The van der Waals surface area contributed by atoms with Gasteiger partial charge in [-0.05, 0) is 80.4 Å². The number of likely N-dealkylation sites (tertiary alicyclic amines) is 1. The lowest BCUT2D eigenvalue weighted by molar-refractivity contribution is -0.149. The maximum Gasteiger partial charge on any atom is 0.309 e. The number of esters is 1. The van der Waals surface area contributed by atoms with E-state index in [-0.39, 0.29) is 30.4 Å². The summed E-state index contributed by atoms with van der Waals surface area (Å²) in [7, 11) is 3.27. The third-order valence-electron chi connectivity index (χ3n) is 6.66. The Morgan fingerprint density at radius 1 is 0.943 bits per heavy atom. The number of ether oxygens (including phenoxy) is 3. The summed E-state index contributed by atoms with van der Waals surface area (Å²) in [5.41, 5.74) is 2.84. The second kappa shape index (κ2) is 11.4. The molecule has 8 nitrogen and oxygen atoms in total. The van der Waals surface area contributed by atoms with Gasteiger partial charge in [-0.1, -0.05) is 12.1 Å². The Balaban J connectivity index is 1.49. The smallest absolute Gasteiger partial charge is 0.309 e. The van der Waals surface area contributed by atoms with Crippen LogP contribution in [-0.4, -0.2) is 68.0 Å². The predicted octanol–water partition coefficient (Wildman–Crippen LogP) is 3.66. The third-order valence-corrected chi connectivity index (χ3v) is 6.66. The number of nitrogens with zero attached hydrogens (tertiary/aromatic N) is 3. The van der Waals surface area contributed by atoms with Crippen LogP contribution in [0.2, 0.25) is 0 Å². The van der Waals surface area contributed by atoms with E-state index in [0.717, 1.165) is 28.3 Å². The van der Waals surface area contributed by atoms with Gasteiger partial charge in [0, 0.05) is 6.42 Å². The Kier molecular flexibility index (Phi) is 8.02. The zero-order valence-corrected chi connectivity index (χ0v) is 20.6. The van der Waals surface area contributed by atoms with Crippen LogP contribution in [0.3, 0.4) is 0 Å². The van der Waals surface area contributed by atoms with E-state index in [4.69, 9.17) is 19.3 Å². The van der Waals surface area contributed by atoms with Crippen molar-refractivity contribution >= 4 is 17.6 Å². The molecule has 0 saturated carbocycles. The molecule has 8 heteroatoms. The molecule has 0 aromatic heterocycles. The van der Waals surface area contributed by atoms with Gasteiger partial charge in [0.05, 0.1) is 45.0 Å².